The molecule has 21 heavy (non-hydrogen) atoms. The van der Waals surface area contributed by atoms with Crippen LogP contribution in [0.1, 0.15) is 30.2 Å². The van der Waals surface area contributed by atoms with Crippen LogP contribution < -0.4 is 4.74 Å². The van der Waals surface area contributed by atoms with E-state index in [2.05, 4.69) is 11.9 Å². The molecule has 0 aliphatic carbocycles. The van der Waals surface area contributed by atoms with Gasteiger partial charge in [0, 0.05) is 51.4 Å². The van der Waals surface area contributed by atoms with Crippen molar-refractivity contribution in [3.05, 3.63) is 23.0 Å². The lowest BCUT2D eigenvalue weighted by molar-refractivity contribution is 0.168. The summed E-state index contributed by atoms with van der Waals surface area (Å²) < 4.78 is 5.45. The fourth-order valence-electron chi connectivity index (χ4n) is 2.89. The molecule has 1 aliphatic rings. The number of aliphatic hydroxyl groups excluding tert-OH is 1. The summed E-state index contributed by atoms with van der Waals surface area (Å²) in [4.78, 5) is 4.52. The smallest absolute Gasteiger partial charge is 0.128 e. The van der Waals surface area contributed by atoms with E-state index in [0.717, 1.165) is 34.7 Å². The van der Waals surface area contributed by atoms with Crippen LogP contribution in [0.3, 0.4) is 0 Å². The zero-order valence-electron chi connectivity index (χ0n) is 13.3. The number of rotatable bonds is 5. The van der Waals surface area contributed by atoms with Gasteiger partial charge in [0.15, 0.2) is 0 Å². The zero-order chi connectivity index (χ0) is 15.4. The Morgan fingerprint density at radius 3 is 2.76 bits per heavy atom. The first kappa shape index (κ1) is 17.0. The zero-order valence-corrected chi connectivity index (χ0v) is 14.9. The lowest BCUT2D eigenvalue weighted by atomic mass is 10.0. The van der Waals surface area contributed by atoms with E-state index in [-0.39, 0.29) is 6.10 Å². The Balaban J connectivity index is 2.13. The second kappa shape index (κ2) is 7.75. The molecule has 5 heteroatoms. The Morgan fingerprint density at radius 1 is 1.38 bits per heavy atom. The maximum absolute atomic E-state index is 10.7. The molecule has 3 nitrogen and oxygen atoms in total. The second-order valence-corrected chi connectivity index (χ2v) is 8.10. The molecule has 2 rings (SSSR count). The lowest BCUT2D eigenvalue weighted by Gasteiger charge is -2.33. The number of methoxy groups -OCH3 is 1. The number of hydrogen-bond acceptors (Lipinski definition) is 5. The molecule has 0 amide bonds. The molecule has 3 unspecified atom stereocenters. The van der Waals surface area contributed by atoms with Crippen molar-refractivity contribution in [3.63, 3.8) is 0 Å². The van der Waals surface area contributed by atoms with Gasteiger partial charge in [-0.2, -0.15) is 23.5 Å². The van der Waals surface area contributed by atoms with Gasteiger partial charge in [0.1, 0.15) is 5.75 Å². The summed E-state index contributed by atoms with van der Waals surface area (Å²) in [7, 11) is 1.69. The van der Waals surface area contributed by atoms with Gasteiger partial charge in [-0.05, 0) is 20.3 Å². The Kier molecular flexibility index (Phi) is 6.26. The molecular formula is C16H25NO2S2. The van der Waals surface area contributed by atoms with Gasteiger partial charge in [0.2, 0.25) is 0 Å². The third-order valence-corrected chi connectivity index (χ3v) is 7.42. The molecule has 1 aromatic rings. The lowest BCUT2D eigenvalue weighted by Crippen LogP contribution is -2.37. The van der Waals surface area contributed by atoms with Crippen LogP contribution in [-0.4, -0.2) is 45.3 Å². The highest BCUT2D eigenvalue weighted by atomic mass is 32.2. The fourth-order valence-corrected chi connectivity index (χ4v) is 6.03. The van der Waals surface area contributed by atoms with Crippen LogP contribution in [0.2, 0.25) is 0 Å². The highest BCUT2D eigenvalue weighted by molar-refractivity contribution is 8.07. The molecule has 1 aliphatic heterocycles. The maximum Gasteiger partial charge on any atom is 0.128 e. The molecular weight excluding hydrogens is 302 g/mol. The fraction of sp³-hybridized carbons (Fsp3) is 0.688. The third-order valence-electron chi connectivity index (χ3n) is 4.03. The van der Waals surface area contributed by atoms with Crippen molar-refractivity contribution in [1.82, 2.24) is 4.98 Å². The summed E-state index contributed by atoms with van der Waals surface area (Å²) in [6, 6.07) is 0. The number of pyridine rings is 1. The molecule has 1 N–H and O–H groups in total. The van der Waals surface area contributed by atoms with Crippen molar-refractivity contribution in [2.24, 2.45) is 0 Å². The highest BCUT2D eigenvalue weighted by Crippen LogP contribution is 2.36. The van der Waals surface area contributed by atoms with Crippen molar-refractivity contribution in [2.45, 2.75) is 50.2 Å². The van der Waals surface area contributed by atoms with Gasteiger partial charge >= 0.3 is 0 Å². The molecule has 0 saturated carbocycles. The van der Waals surface area contributed by atoms with Crippen molar-refractivity contribution in [2.75, 3.05) is 18.6 Å². The van der Waals surface area contributed by atoms with Gasteiger partial charge in [-0.15, -0.1) is 0 Å². The monoisotopic (exact) mass is 327 g/mol. The van der Waals surface area contributed by atoms with Gasteiger partial charge in [-0.3, -0.25) is 4.98 Å². The van der Waals surface area contributed by atoms with Crippen LogP contribution in [0.25, 0.3) is 0 Å². The molecule has 0 radical (unpaired) electrons. The standard InChI is InChI=1S/C16H25NO2S2/c1-5-14-16(21-7-6-20-14)13(18)8-12-11(3)15(19-4)10(2)9-17-12/h9,13-14,16,18H,5-8H2,1-4H3. The number of hydrogen-bond donors (Lipinski definition) is 1. The highest BCUT2D eigenvalue weighted by Gasteiger charge is 2.31. The third kappa shape index (κ3) is 3.88. The largest absolute Gasteiger partial charge is 0.496 e. The summed E-state index contributed by atoms with van der Waals surface area (Å²) in [6.07, 6.45) is 3.22. The van der Waals surface area contributed by atoms with Gasteiger partial charge in [0.25, 0.3) is 0 Å². The van der Waals surface area contributed by atoms with Crippen LogP contribution in [0, 0.1) is 13.8 Å². The summed E-state index contributed by atoms with van der Waals surface area (Å²) in [5, 5.41) is 11.5. The number of thioether (sulfide) groups is 2. The average Bonchev–Trinajstić information content (AvgIpc) is 2.50. The molecule has 1 saturated heterocycles. The summed E-state index contributed by atoms with van der Waals surface area (Å²) >= 11 is 3.91. The molecule has 0 spiro atoms. The molecule has 0 bridgehead atoms. The molecule has 0 aromatic carbocycles. The summed E-state index contributed by atoms with van der Waals surface area (Å²) in [5.41, 5.74) is 3.05. The second-order valence-electron chi connectivity index (χ2n) is 5.47. The number of aryl methyl sites for hydroxylation is 1. The number of ether oxygens (including phenoxy) is 1. The SMILES string of the molecule is CCC1SCCSC1C(O)Cc1ncc(C)c(OC)c1C. The van der Waals surface area contributed by atoms with E-state index in [4.69, 9.17) is 4.74 Å². The van der Waals surface area contributed by atoms with E-state index in [1.54, 1.807) is 7.11 Å². The van der Waals surface area contributed by atoms with Crippen LogP contribution >= 0.6 is 23.5 Å². The van der Waals surface area contributed by atoms with E-state index in [1.165, 1.54) is 5.75 Å². The molecule has 3 atom stereocenters. The summed E-state index contributed by atoms with van der Waals surface area (Å²) in [6.45, 7) is 6.24. The topological polar surface area (TPSA) is 42.4 Å². The van der Waals surface area contributed by atoms with E-state index in [0.29, 0.717) is 16.9 Å². The van der Waals surface area contributed by atoms with Gasteiger partial charge < -0.3 is 9.84 Å². The van der Waals surface area contributed by atoms with E-state index < -0.39 is 0 Å². The predicted molar refractivity (Wildman–Crippen MR) is 92.8 cm³/mol. The molecule has 118 valence electrons. The van der Waals surface area contributed by atoms with Crippen LogP contribution in [0.15, 0.2) is 6.20 Å². The van der Waals surface area contributed by atoms with E-state index >= 15 is 0 Å². The minimum absolute atomic E-state index is 0.308. The van der Waals surface area contributed by atoms with Crippen LogP contribution in [0.5, 0.6) is 5.75 Å². The van der Waals surface area contributed by atoms with Crippen LogP contribution in [0.4, 0.5) is 0 Å². The Hall–Kier alpha value is -0.390. The quantitative estimate of drug-likeness (QED) is 0.899. The van der Waals surface area contributed by atoms with Crippen LogP contribution in [-0.2, 0) is 6.42 Å². The van der Waals surface area contributed by atoms with Gasteiger partial charge in [0.05, 0.1) is 13.2 Å². The average molecular weight is 328 g/mol. The maximum atomic E-state index is 10.7. The normalized spacial score (nSPS) is 23.9. The first-order valence-electron chi connectivity index (χ1n) is 7.48. The minimum Gasteiger partial charge on any atom is -0.496 e. The van der Waals surface area contributed by atoms with Crippen molar-refractivity contribution in [1.29, 1.82) is 0 Å². The number of aromatic nitrogens is 1. The first-order valence-corrected chi connectivity index (χ1v) is 9.58. The van der Waals surface area contributed by atoms with Crippen molar-refractivity contribution < 1.29 is 9.84 Å². The van der Waals surface area contributed by atoms with Gasteiger partial charge in [-0.25, -0.2) is 0 Å². The Bertz CT molecular complexity index is 482. The van der Waals surface area contributed by atoms with Gasteiger partial charge in [-0.1, -0.05) is 6.92 Å². The Labute approximate surface area is 136 Å². The summed E-state index contributed by atoms with van der Waals surface area (Å²) in [5.74, 6) is 3.22. The van der Waals surface area contributed by atoms with E-state index in [9.17, 15) is 5.11 Å². The molecule has 2 heterocycles. The van der Waals surface area contributed by atoms with Crippen molar-refractivity contribution in [3.8, 4) is 5.75 Å². The molecule has 1 aromatic heterocycles. The first-order chi connectivity index (χ1) is 10.1. The minimum atomic E-state index is -0.341. The number of aliphatic hydroxyl groups is 1. The number of nitrogens with zero attached hydrogens (tertiary/aromatic N) is 1. The molecule has 1 fully saturated rings. The Morgan fingerprint density at radius 2 is 2.10 bits per heavy atom. The predicted octanol–water partition coefficient (Wildman–Crippen LogP) is 3.24. The van der Waals surface area contributed by atoms with E-state index in [1.807, 2.05) is 43.6 Å². The van der Waals surface area contributed by atoms with Crippen molar-refractivity contribution >= 4 is 23.5 Å².